The highest BCUT2D eigenvalue weighted by molar-refractivity contribution is 5.72. The van der Waals surface area contributed by atoms with Gasteiger partial charge in [0.05, 0.1) is 19.3 Å². The van der Waals surface area contributed by atoms with Crippen LogP contribution < -0.4 is 0 Å². The molecule has 1 fully saturated rings. The summed E-state index contributed by atoms with van der Waals surface area (Å²) in [7, 11) is 1.59. The number of rotatable bonds is 3. The summed E-state index contributed by atoms with van der Waals surface area (Å²) in [6.07, 6.45) is 4.30. The average molecular weight is 184 g/mol. The van der Waals surface area contributed by atoms with Gasteiger partial charge in [-0.25, -0.2) is 0 Å². The second-order valence-corrected chi connectivity index (χ2v) is 4.12. The molecule has 0 aliphatic heterocycles. The second-order valence-electron chi connectivity index (χ2n) is 4.12. The Morgan fingerprint density at radius 2 is 2.23 bits per heavy atom. The molecular weight excluding hydrogens is 168 g/mol. The molecule has 1 aliphatic rings. The van der Waals surface area contributed by atoms with Crippen LogP contribution >= 0.6 is 0 Å². The number of hydrogen-bond acceptors (Lipinski definition) is 2. The van der Waals surface area contributed by atoms with Crippen LogP contribution in [0.3, 0.4) is 0 Å². The van der Waals surface area contributed by atoms with Crippen molar-refractivity contribution >= 4 is 5.97 Å². The van der Waals surface area contributed by atoms with Gasteiger partial charge in [0.15, 0.2) is 0 Å². The molecule has 0 aromatic rings. The number of allylic oxidation sites excluding steroid dienone is 1. The zero-order valence-electron chi connectivity index (χ0n) is 8.28. The highest BCUT2D eigenvalue weighted by Crippen LogP contribution is 2.51. The van der Waals surface area contributed by atoms with E-state index in [1.807, 2.05) is 19.9 Å². The number of hydrogen-bond donors (Lipinski definition) is 1. The summed E-state index contributed by atoms with van der Waals surface area (Å²) >= 11 is 0. The van der Waals surface area contributed by atoms with Crippen molar-refractivity contribution in [1.82, 2.24) is 0 Å². The Morgan fingerprint density at radius 3 is 2.62 bits per heavy atom. The minimum Gasteiger partial charge on any atom is -0.505 e. The molecule has 0 radical (unpaired) electrons. The molecule has 1 N–H and O–H groups in total. The minimum absolute atomic E-state index is 0.138. The van der Waals surface area contributed by atoms with Crippen LogP contribution in [-0.2, 0) is 9.53 Å². The van der Waals surface area contributed by atoms with Gasteiger partial charge in [0.25, 0.3) is 0 Å². The third kappa shape index (κ3) is 1.69. The van der Waals surface area contributed by atoms with Gasteiger partial charge in [0.1, 0.15) is 0 Å². The first-order valence-corrected chi connectivity index (χ1v) is 4.42. The third-order valence-electron chi connectivity index (χ3n) is 3.09. The van der Waals surface area contributed by atoms with E-state index in [0.717, 1.165) is 6.42 Å². The zero-order valence-corrected chi connectivity index (χ0v) is 8.28. The van der Waals surface area contributed by atoms with Gasteiger partial charge in [-0.15, -0.1) is 0 Å². The lowest BCUT2D eigenvalue weighted by atomic mass is 9.55. The summed E-state index contributed by atoms with van der Waals surface area (Å²) < 4.78 is 4.81. The molecule has 1 aliphatic carbocycles. The molecule has 1 saturated carbocycles. The Kier molecular flexibility index (Phi) is 2.64. The molecule has 0 spiro atoms. The van der Waals surface area contributed by atoms with Crippen molar-refractivity contribution in [2.24, 2.45) is 17.3 Å². The lowest BCUT2D eigenvalue weighted by Crippen LogP contribution is -2.47. The Hall–Kier alpha value is -0.990. The molecular formula is C10H16O3. The SMILES string of the molecule is CO/C=C/C1CC(C(=O)O)C1(C)C. The predicted molar refractivity (Wildman–Crippen MR) is 49.2 cm³/mol. The lowest BCUT2D eigenvalue weighted by molar-refractivity contribution is -0.156. The fraction of sp³-hybridized carbons (Fsp3) is 0.700. The van der Waals surface area contributed by atoms with Crippen molar-refractivity contribution < 1.29 is 14.6 Å². The molecule has 0 aromatic carbocycles. The van der Waals surface area contributed by atoms with Gasteiger partial charge in [-0.1, -0.05) is 13.8 Å². The Balaban J connectivity index is 2.59. The summed E-state index contributed by atoms with van der Waals surface area (Å²) in [5, 5.41) is 8.86. The van der Waals surface area contributed by atoms with E-state index in [-0.39, 0.29) is 11.3 Å². The standard InChI is InChI=1S/C10H16O3/c1-10(2)7(4-5-13-3)6-8(10)9(11)12/h4-5,7-8H,6H2,1-3H3,(H,11,12)/b5-4+. The van der Waals surface area contributed by atoms with Crippen molar-refractivity contribution in [2.75, 3.05) is 7.11 Å². The van der Waals surface area contributed by atoms with Gasteiger partial charge in [-0.05, 0) is 23.8 Å². The number of methoxy groups -OCH3 is 1. The molecule has 0 amide bonds. The molecule has 0 aromatic heterocycles. The van der Waals surface area contributed by atoms with Crippen LogP contribution in [0.15, 0.2) is 12.3 Å². The molecule has 2 atom stereocenters. The molecule has 2 unspecified atom stereocenters. The molecule has 1 rings (SSSR count). The third-order valence-corrected chi connectivity index (χ3v) is 3.09. The molecule has 3 nitrogen and oxygen atoms in total. The smallest absolute Gasteiger partial charge is 0.307 e. The summed E-state index contributed by atoms with van der Waals surface area (Å²) in [5.74, 6) is -0.570. The highest BCUT2D eigenvalue weighted by Gasteiger charge is 2.50. The van der Waals surface area contributed by atoms with Crippen LogP contribution in [0.4, 0.5) is 0 Å². The van der Waals surface area contributed by atoms with Crippen LogP contribution in [-0.4, -0.2) is 18.2 Å². The van der Waals surface area contributed by atoms with Crippen molar-refractivity contribution in [1.29, 1.82) is 0 Å². The average Bonchev–Trinajstić information content (AvgIpc) is 2.02. The second kappa shape index (κ2) is 3.40. The fourth-order valence-corrected chi connectivity index (χ4v) is 1.88. The van der Waals surface area contributed by atoms with Gasteiger partial charge in [0, 0.05) is 0 Å². The van der Waals surface area contributed by atoms with Crippen LogP contribution in [0.1, 0.15) is 20.3 Å². The number of carboxylic acid groups (broad SMARTS) is 1. The summed E-state index contributed by atoms with van der Waals surface area (Å²) in [4.78, 5) is 10.8. The van der Waals surface area contributed by atoms with E-state index in [1.165, 1.54) is 0 Å². The Bertz CT molecular complexity index is 230. The van der Waals surface area contributed by atoms with Crippen LogP contribution in [0, 0.1) is 17.3 Å². The number of aliphatic carboxylic acids is 1. The van der Waals surface area contributed by atoms with Gasteiger partial charge in [0.2, 0.25) is 0 Å². The Labute approximate surface area is 78.4 Å². The molecule has 0 saturated heterocycles. The predicted octanol–water partition coefficient (Wildman–Crippen LogP) is 1.89. The van der Waals surface area contributed by atoms with E-state index in [4.69, 9.17) is 9.84 Å². The van der Waals surface area contributed by atoms with Gasteiger partial charge in [-0.3, -0.25) is 4.79 Å². The molecule has 13 heavy (non-hydrogen) atoms. The molecule has 3 heteroatoms. The van der Waals surface area contributed by atoms with E-state index in [2.05, 4.69) is 0 Å². The summed E-state index contributed by atoms with van der Waals surface area (Å²) in [5.41, 5.74) is -0.138. The highest BCUT2D eigenvalue weighted by atomic mass is 16.5. The van der Waals surface area contributed by atoms with E-state index >= 15 is 0 Å². The maximum Gasteiger partial charge on any atom is 0.307 e. The van der Waals surface area contributed by atoms with Gasteiger partial charge >= 0.3 is 5.97 Å². The first-order valence-electron chi connectivity index (χ1n) is 4.42. The molecule has 0 heterocycles. The van der Waals surface area contributed by atoms with Gasteiger partial charge in [-0.2, -0.15) is 0 Å². The first-order chi connectivity index (χ1) is 6.00. The van der Waals surface area contributed by atoms with Crippen molar-refractivity contribution in [2.45, 2.75) is 20.3 Å². The van der Waals surface area contributed by atoms with Crippen molar-refractivity contribution in [3.8, 4) is 0 Å². The number of carbonyl (C=O) groups is 1. The normalized spacial score (nSPS) is 31.3. The fourth-order valence-electron chi connectivity index (χ4n) is 1.88. The summed E-state index contributed by atoms with van der Waals surface area (Å²) in [6, 6.07) is 0. The number of carboxylic acids is 1. The largest absolute Gasteiger partial charge is 0.505 e. The van der Waals surface area contributed by atoms with Crippen molar-refractivity contribution in [3.63, 3.8) is 0 Å². The quantitative estimate of drug-likeness (QED) is 0.681. The summed E-state index contributed by atoms with van der Waals surface area (Å²) in [6.45, 7) is 3.97. The molecule has 0 bridgehead atoms. The van der Waals surface area contributed by atoms with E-state index < -0.39 is 5.97 Å². The first kappa shape index (κ1) is 10.1. The van der Waals surface area contributed by atoms with E-state index in [1.54, 1.807) is 13.4 Å². The van der Waals surface area contributed by atoms with Crippen LogP contribution in [0.25, 0.3) is 0 Å². The maximum atomic E-state index is 10.8. The monoisotopic (exact) mass is 184 g/mol. The minimum atomic E-state index is -0.688. The zero-order chi connectivity index (χ0) is 10.1. The lowest BCUT2D eigenvalue weighted by Gasteiger charge is -2.48. The maximum absolute atomic E-state index is 10.8. The van der Waals surface area contributed by atoms with Crippen LogP contribution in [0.2, 0.25) is 0 Å². The Morgan fingerprint density at radius 1 is 1.62 bits per heavy atom. The van der Waals surface area contributed by atoms with E-state index in [0.29, 0.717) is 5.92 Å². The van der Waals surface area contributed by atoms with Crippen molar-refractivity contribution in [3.05, 3.63) is 12.3 Å². The topological polar surface area (TPSA) is 46.5 Å². The number of ether oxygens (including phenoxy) is 1. The van der Waals surface area contributed by atoms with E-state index in [9.17, 15) is 4.79 Å². The van der Waals surface area contributed by atoms with Crippen LogP contribution in [0.5, 0.6) is 0 Å². The molecule has 74 valence electrons. The van der Waals surface area contributed by atoms with Gasteiger partial charge < -0.3 is 9.84 Å².